The molecule has 8 rings (SSSR count). The Balaban J connectivity index is 1.31. The van der Waals surface area contributed by atoms with Gasteiger partial charge in [0.25, 0.3) is 0 Å². The van der Waals surface area contributed by atoms with Gasteiger partial charge in [-0.05, 0) is 102 Å². The van der Waals surface area contributed by atoms with Crippen molar-refractivity contribution in [3.8, 4) is 11.4 Å². The fourth-order valence-corrected chi connectivity index (χ4v) is 8.84. The lowest BCUT2D eigenvalue weighted by molar-refractivity contribution is 0.452. The van der Waals surface area contributed by atoms with Gasteiger partial charge in [0.1, 0.15) is 11.4 Å². The molecule has 268 valence electrons. The molecule has 0 spiro atoms. The molecule has 1 aliphatic carbocycles. The van der Waals surface area contributed by atoms with Gasteiger partial charge in [-0.2, -0.15) is 0 Å². The molecule has 3 aromatic carbocycles. The number of hydrogen-bond acceptors (Lipinski definition) is 4. The lowest BCUT2D eigenvalue weighted by Gasteiger charge is -2.27. The molecule has 1 fully saturated rings. The second-order valence-corrected chi connectivity index (χ2v) is 17.2. The van der Waals surface area contributed by atoms with Crippen molar-refractivity contribution in [1.29, 1.82) is 0 Å². The van der Waals surface area contributed by atoms with Crippen molar-refractivity contribution in [3.63, 3.8) is 0 Å². The predicted molar refractivity (Wildman–Crippen MR) is 218 cm³/mol. The molecule has 4 heterocycles. The fraction of sp³-hybridized carbons (Fsp3) is 0.426. The van der Waals surface area contributed by atoms with Gasteiger partial charge in [-0.15, -0.1) is 0 Å². The van der Waals surface area contributed by atoms with Crippen LogP contribution in [0.25, 0.3) is 55.4 Å². The Labute approximate surface area is 308 Å². The summed E-state index contributed by atoms with van der Waals surface area (Å²) in [5.41, 5.74) is 13.6. The molecule has 0 N–H and O–H groups in total. The molecule has 1 aliphatic rings. The first-order valence-electron chi connectivity index (χ1n) is 19.7. The third-order valence-corrected chi connectivity index (χ3v) is 11.9. The Kier molecular flexibility index (Phi) is 8.75. The zero-order valence-electron chi connectivity index (χ0n) is 32.6. The van der Waals surface area contributed by atoms with Gasteiger partial charge in [0.05, 0.1) is 22.1 Å². The summed E-state index contributed by atoms with van der Waals surface area (Å²) >= 11 is 0. The minimum atomic E-state index is 0.0808. The number of aryl methyl sites for hydroxylation is 2. The lowest BCUT2D eigenvalue weighted by atomic mass is 9.79. The van der Waals surface area contributed by atoms with Gasteiger partial charge in [-0.1, -0.05) is 105 Å². The first-order chi connectivity index (χ1) is 24.9. The number of nitrogens with zero attached hydrogens (tertiary/aromatic N) is 4. The van der Waals surface area contributed by atoms with E-state index < -0.39 is 0 Å². The second-order valence-electron chi connectivity index (χ2n) is 17.2. The first kappa shape index (κ1) is 34.6. The van der Waals surface area contributed by atoms with E-state index in [1.54, 1.807) is 0 Å². The fourth-order valence-electron chi connectivity index (χ4n) is 8.84. The largest absolute Gasteiger partial charge is 0.437 e. The van der Waals surface area contributed by atoms with E-state index in [9.17, 15) is 0 Å². The Hall–Kier alpha value is -4.51. The van der Waals surface area contributed by atoms with Crippen molar-refractivity contribution >= 4 is 44.0 Å². The molecule has 4 aromatic heterocycles. The zero-order valence-corrected chi connectivity index (χ0v) is 32.6. The number of aromatic nitrogens is 4. The number of fused-ring (bicyclic) bond motifs is 6. The normalized spacial score (nSPS) is 15.1. The second kappa shape index (κ2) is 13.2. The van der Waals surface area contributed by atoms with Crippen molar-refractivity contribution in [2.75, 3.05) is 0 Å². The van der Waals surface area contributed by atoms with E-state index in [1.807, 2.05) is 0 Å². The number of benzene rings is 3. The van der Waals surface area contributed by atoms with Crippen molar-refractivity contribution in [2.45, 2.75) is 124 Å². The van der Waals surface area contributed by atoms with Crippen LogP contribution in [0.2, 0.25) is 0 Å². The van der Waals surface area contributed by atoms with E-state index in [0.29, 0.717) is 23.7 Å². The summed E-state index contributed by atoms with van der Waals surface area (Å²) in [6.45, 7) is 21.5. The average Bonchev–Trinajstić information content (AvgIpc) is 3.87. The smallest absolute Gasteiger partial charge is 0.227 e. The number of pyridine rings is 2. The SMILES string of the molecule is Cc1ccc2ccc3nc(-c4cccc5c4oc4nc(C(C)C6CCCC6)ccc45)n(CCc4c(C(C)C)cc(C(C)(C)C)cc4C(C)C)c3c2n1. The van der Waals surface area contributed by atoms with Crippen LogP contribution in [0.1, 0.15) is 132 Å². The van der Waals surface area contributed by atoms with Gasteiger partial charge in [-0.3, -0.25) is 4.98 Å². The van der Waals surface area contributed by atoms with E-state index >= 15 is 0 Å². The summed E-state index contributed by atoms with van der Waals surface area (Å²) in [4.78, 5) is 15.7. The van der Waals surface area contributed by atoms with E-state index in [1.165, 1.54) is 47.9 Å². The number of imidazole rings is 1. The van der Waals surface area contributed by atoms with Crippen LogP contribution in [0, 0.1) is 12.8 Å². The standard InChI is InChI=1S/C47H54N4O/c1-27(2)38-25-33(47(7,8)9)26-39(28(3)4)34(38)23-24-51-43-41(21-19-32-18-17-29(5)48-42(32)43)49-45(51)37-16-12-15-35-36-20-22-40(50-46(36)52-44(35)37)30(6)31-13-10-11-14-31/h12,15-22,25-28,30-31H,10-11,13-14,23-24H2,1-9H3. The monoisotopic (exact) mass is 690 g/mol. The molecule has 1 saturated carbocycles. The Morgan fingerprint density at radius 3 is 2.21 bits per heavy atom. The molecule has 1 unspecified atom stereocenters. The highest BCUT2D eigenvalue weighted by molar-refractivity contribution is 6.09. The summed E-state index contributed by atoms with van der Waals surface area (Å²) in [6.07, 6.45) is 6.14. The van der Waals surface area contributed by atoms with Crippen LogP contribution in [0.15, 0.2) is 71.1 Å². The van der Waals surface area contributed by atoms with E-state index in [2.05, 4.69) is 134 Å². The van der Waals surface area contributed by atoms with E-state index in [4.69, 9.17) is 19.4 Å². The lowest BCUT2D eigenvalue weighted by Crippen LogP contribution is -2.16. The predicted octanol–water partition coefficient (Wildman–Crippen LogP) is 12.9. The van der Waals surface area contributed by atoms with Gasteiger partial charge in [0.15, 0.2) is 0 Å². The topological polar surface area (TPSA) is 56.7 Å². The summed E-state index contributed by atoms with van der Waals surface area (Å²) in [5, 5.41) is 3.27. The molecule has 0 aliphatic heterocycles. The first-order valence-corrected chi connectivity index (χ1v) is 19.7. The minimum Gasteiger partial charge on any atom is -0.437 e. The van der Waals surface area contributed by atoms with Gasteiger partial charge in [0.2, 0.25) is 5.71 Å². The molecule has 0 bridgehead atoms. The third-order valence-electron chi connectivity index (χ3n) is 11.9. The van der Waals surface area contributed by atoms with Crippen LogP contribution in [-0.2, 0) is 18.4 Å². The highest BCUT2D eigenvalue weighted by Crippen LogP contribution is 2.41. The van der Waals surface area contributed by atoms with Gasteiger partial charge in [0, 0.05) is 40.0 Å². The van der Waals surface area contributed by atoms with Crippen LogP contribution >= 0.6 is 0 Å². The molecule has 52 heavy (non-hydrogen) atoms. The van der Waals surface area contributed by atoms with Gasteiger partial charge in [-0.25, -0.2) is 9.97 Å². The number of rotatable bonds is 8. The van der Waals surface area contributed by atoms with Crippen molar-refractivity contribution in [1.82, 2.24) is 19.5 Å². The van der Waals surface area contributed by atoms with Crippen molar-refractivity contribution in [2.24, 2.45) is 5.92 Å². The molecular formula is C47H54N4O. The molecular weight excluding hydrogens is 637 g/mol. The molecule has 1 atom stereocenters. The van der Waals surface area contributed by atoms with Crippen molar-refractivity contribution in [3.05, 3.63) is 100 Å². The summed E-state index contributed by atoms with van der Waals surface area (Å²) in [6, 6.07) is 24.5. The van der Waals surface area contributed by atoms with Gasteiger partial charge >= 0.3 is 0 Å². The zero-order chi connectivity index (χ0) is 36.5. The minimum absolute atomic E-state index is 0.0808. The number of para-hydroxylation sites is 1. The van der Waals surface area contributed by atoms with E-state index in [-0.39, 0.29) is 5.41 Å². The maximum absolute atomic E-state index is 6.78. The third kappa shape index (κ3) is 6.00. The van der Waals surface area contributed by atoms with Crippen LogP contribution in [0.5, 0.6) is 0 Å². The van der Waals surface area contributed by atoms with E-state index in [0.717, 1.165) is 79.7 Å². The highest BCUT2D eigenvalue weighted by Gasteiger charge is 2.27. The maximum atomic E-state index is 6.78. The Morgan fingerprint density at radius 2 is 1.52 bits per heavy atom. The molecule has 0 saturated heterocycles. The quantitative estimate of drug-likeness (QED) is 0.159. The molecule has 7 aromatic rings. The van der Waals surface area contributed by atoms with Crippen LogP contribution in [0.3, 0.4) is 0 Å². The molecule has 5 heteroatoms. The molecule has 5 nitrogen and oxygen atoms in total. The Morgan fingerprint density at radius 1 is 0.808 bits per heavy atom. The highest BCUT2D eigenvalue weighted by atomic mass is 16.3. The van der Waals surface area contributed by atoms with Crippen LogP contribution in [0.4, 0.5) is 0 Å². The van der Waals surface area contributed by atoms with Gasteiger partial charge < -0.3 is 8.98 Å². The number of hydrogen-bond donors (Lipinski definition) is 0. The van der Waals surface area contributed by atoms with Crippen LogP contribution < -0.4 is 0 Å². The van der Waals surface area contributed by atoms with Crippen LogP contribution in [-0.4, -0.2) is 19.5 Å². The molecule has 0 amide bonds. The number of furan rings is 1. The summed E-state index contributed by atoms with van der Waals surface area (Å²) in [5.74, 6) is 2.87. The van der Waals surface area contributed by atoms with Crippen molar-refractivity contribution < 1.29 is 4.42 Å². The maximum Gasteiger partial charge on any atom is 0.227 e. The summed E-state index contributed by atoms with van der Waals surface area (Å²) < 4.78 is 9.21. The summed E-state index contributed by atoms with van der Waals surface area (Å²) in [7, 11) is 0. The molecule has 0 radical (unpaired) electrons. The Bertz CT molecular complexity index is 2420. The average molecular weight is 691 g/mol.